The molecule has 1 aromatic heterocycles. The molecule has 0 saturated carbocycles. The van der Waals surface area contributed by atoms with E-state index in [1.54, 1.807) is 6.92 Å². The first-order chi connectivity index (χ1) is 11.6. The van der Waals surface area contributed by atoms with Crippen LogP contribution in [-0.2, 0) is 11.2 Å². The molecule has 1 fully saturated rings. The molecule has 0 spiro atoms. The van der Waals surface area contributed by atoms with Crippen molar-refractivity contribution in [1.82, 2.24) is 25.1 Å². The Bertz CT molecular complexity index is 644. The van der Waals surface area contributed by atoms with E-state index >= 15 is 0 Å². The van der Waals surface area contributed by atoms with Gasteiger partial charge in [0.25, 0.3) is 0 Å². The lowest BCUT2D eigenvalue weighted by Gasteiger charge is -2.36. The standard InChI is InChI=1S/C17H23N5O2/c1-13(23)15-8-5-9-21(11-15)17(24)16(22-12-18-19-20-22)10-14-6-3-2-4-7-14/h2-4,6-7,12-13,15-16,23H,5,8-11H2,1H3. The summed E-state index contributed by atoms with van der Waals surface area (Å²) in [5, 5.41) is 21.2. The largest absolute Gasteiger partial charge is 0.393 e. The number of nitrogens with zero attached hydrogens (tertiary/aromatic N) is 5. The van der Waals surface area contributed by atoms with Crippen molar-refractivity contribution in [3.05, 3.63) is 42.2 Å². The molecule has 1 aliphatic heterocycles. The molecule has 128 valence electrons. The summed E-state index contributed by atoms with van der Waals surface area (Å²) >= 11 is 0. The first kappa shape index (κ1) is 16.6. The molecule has 2 aromatic rings. The zero-order valence-electron chi connectivity index (χ0n) is 13.8. The number of aliphatic hydroxyl groups is 1. The zero-order chi connectivity index (χ0) is 16.9. The van der Waals surface area contributed by atoms with Crippen LogP contribution < -0.4 is 0 Å². The van der Waals surface area contributed by atoms with Gasteiger partial charge >= 0.3 is 0 Å². The van der Waals surface area contributed by atoms with E-state index in [1.807, 2.05) is 35.2 Å². The topological polar surface area (TPSA) is 84.1 Å². The van der Waals surface area contributed by atoms with Crippen LogP contribution in [-0.4, -0.2) is 55.3 Å². The SMILES string of the molecule is CC(O)C1CCCN(C(=O)C(Cc2ccccc2)n2cnnn2)C1. The van der Waals surface area contributed by atoms with Gasteiger partial charge in [-0.05, 0) is 35.8 Å². The Balaban J connectivity index is 1.79. The van der Waals surface area contributed by atoms with Gasteiger partial charge in [-0.2, -0.15) is 0 Å². The van der Waals surface area contributed by atoms with Gasteiger partial charge < -0.3 is 10.0 Å². The Morgan fingerprint density at radius 2 is 2.17 bits per heavy atom. The molecule has 0 radical (unpaired) electrons. The smallest absolute Gasteiger partial charge is 0.247 e. The second-order valence-electron chi connectivity index (χ2n) is 6.42. The molecule has 24 heavy (non-hydrogen) atoms. The van der Waals surface area contributed by atoms with Gasteiger partial charge in [-0.3, -0.25) is 4.79 Å². The Kier molecular flexibility index (Phi) is 5.20. The molecule has 1 saturated heterocycles. The minimum Gasteiger partial charge on any atom is -0.393 e. The van der Waals surface area contributed by atoms with Gasteiger partial charge in [-0.1, -0.05) is 30.3 Å². The number of tetrazole rings is 1. The molecule has 7 nitrogen and oxygen atoms in total. The zero-order valence-corrected chi connectivity index (χ0v) is 13.8. The summed E-state index contributed by atoms with van der Waals surface area (Å²) in [5.41, 5.74) is 1.07. The van der Waals surface area contributed by atoms with Crippen LogP contribution in [0.4, 0.5) is 0 Å². The normalized spacial score (nSPS) is 20.6. The molecule has 1 N–H and O–H groups in total. The monoisotopic (exact) mass is 329 g/mol. The van der Waals surface area contributed by atoms with E-state index in [1.165, 1.54) is 11.0 Å². The minimum atomic E-state index is -0.463. The number of rotatable bonds is 5. The number of amides is 1. The number of aromatic nitrogens is 4. The quantitative estimate of drug-likeness (QED) is 0.887. The Labute approximate surface area is 141 Å². The van der Waals surface area contributed by atoms with Crippen molar-refractivity contribution < 1.29 is 9.90 Å². The Morgan fingerprint density at radius 3 is 2.83 bits per heavy atom. The van der Waals surface area contributed by atoms with Gasteiger partial charge in [-0.25, -0.2) is 4.68 Å². The number of carbonyl (C=O) groups is 1. The van der Waals surface area contributed by atoms with E-state index in [4.69, 9.17) is 0 Å². The molecule has 3 rings (SSSR count). The second kappa shape index (κ2) is 7.53. The molecule has 1 aliphatic rings. The van der Waals surface area contributed by atoms with E-state index in [0.717, 1.165) is 24.9 Å². The summed E-state index contributed by atoms with van der Waals surface area (Å²) in [6.45, 7) is 3.10. The van der Waals surface area contributed by atoms with Crippen molar-refractivity contribution in [2.45, 2.75) is 38.3 Å². The third kappa shape index (κ3) is 3.79. The van der Waals surface area contributed by atoms with Crippen molar-refractivity contribution >= 4 is 5.91 Å². The molecular weight excluding hydrogens is 306 g/mol. The summed E-state index contributed by atoms with van der Waals surface area (Å²) in [6.07, 6.45) is 3.49. The van der Waals surface area contributed by atoms with E-state index in [0.29, 0.717) is 13.0 Å². The maximum atomic E-state index is 13.1. The highest BCUT2D eigenvalue weighted by molar-refractivity contribution is 5.80. The van der Waals surface area contributed by atoms with Gasteiger partial charge in [0.1, 0.15) is 12.4 Å². The molecule has 3 unspecified atom stereocenters. The molecular formula is C17H23N5O2. The van der Waals surface area contributed by atoms with E-state index in [-0.39, 0.29) is 11.8 Å². The number of carbonyl (C=O) groups excluding carboxylic acids is 1. The first-order valence-electron chi connectivity index (χ1n) is 8.38. The number of hydrogen-bond donors (Lipinski definition) is 1. The molecule has 2 heterocycles. The number of aliphatic hydroxyl groups excluding tert-OH is 1. The van der Waals surface area contributed by atoms with E-state index in [9.17, 15) is 9.90 Å². The molecule has 3 atom stereocenters. The van der Waals surface area contributed by atoms with Gasteiger partial charge in [-0.15, -0.1) is 5.10 Å². The second-order valence-corrected chi connectivity index (χ2v) is 6.42. The summed E-state index contributed by atoms with van der Waals surface area (Å²) in [7, 11) is 0. The van der Waals surface area contributed by atoms with Crippen LogP contribution >= 0.6 is 0 Å². The van der Waals surface area contributed by atoms with Crippen LogP contribution in [0.5, 0.6) is 0 Å². The average Bonchev–Trinajstić information content (AvgIpc) is 3.14. The maximum Gasteiger partial charge on any atom is 0.247 e. The van der Waals surface area contributed by atoms with Crippen molar-refractivity contribution in [3.8, 4) is 0 Å². The molecule has 0 bridgehead atoms. The average molecular weight is 329 g/mol. The summed E-state index contributed by atoms with van der Waals surface area (Å²) in [5.74, 6) is 0.144. The molecule has 7 heteroatoms. The molecule has 1 amide bonds. The van der Waals surface area contributed by atoms with Crippen LogP contribution in [0.15, 0.2) is 36.7 Å². The molecule has 1 aromatic carbocycles. The van der Waals surface area contributed by atoms with Crippen LogP contribution in [0.2, 0.25) is 0 Å². The van der Waals surface area contributed by atoms with Crippen LogP contribution in [0, 0.1) is 5.92 Å². The van der Waals surface area contributed by atoms with Gasteiger partial charge in [0.05, 0.1) is 6.10 Å². The fourth-order valence-electron chi connectivity index (χ4n) is 3.26. The highest BCUT2D eigenvalue weighted by Gasteiger charge is 2.32. The minimum absolute atomic E-state index is 0.0107. The summed E-state index contributed by atoms with van der Waals surface area (Å²) in [4.78, 5) is 14.9. The lowest BCUT2D eigenvalue weighted by Crippen LogP contribution is -2.46. The van der Waals surface area contributed by atoms with Crippen molar-refractivity contribution in [2.75, 3.05) is 13.1 Å². The highest BCUT2D eigenvalue weighted by atomic mass is 16.3. The number of benzene rings is 1. The Hall–Kier alpha value is -2.28. The van der Waals surface area contributed by atoms with Crippen LogP contribution in [0.25, 0.3) is 0 Å². The predicted octanol–water partition coefficient (Wildman–Crippen LogP) is 1.08. The summed E-state index contributed by atoms with van der Waals surface area (Å²) in [6, 6.07) is 9.41. The number of piperidine rings is 1. The van der Waals surface area contributed by atoms with Gasteiger partial charge in [0, 0.05) is 25.4 Å². The maximum absolute atomic E-state index is 13.1. The fourth-order valence-corrected chi connectivity index (χ4v) is 3.26. The highest BCUT2D eigenvalue weighted by Crippen LogP contribution is 2.23. The van der Waals surface area contributed by atoms with Crippen molar-refractivity contribution in [1.29, 1.82) is 0 Å². The fraction of sp³-hybridized carbons (Fsp3) is 0.529. The van der Waals surface area contributed by atoms with Crippen molar-refractivity contribution in [2.24, 2.45) is 5.92 Å². The third-order valence-electron chi connectivity index (χ3n) is 4.69. The van der Waals surface area contributed by atoms with E-state index < -0.39 is 12.1 Å². The van der Waals surface area contributed by atoms with E-state index in [2.05, 4.69) is 15.5 Å². The molecule has 0 aliphatic carbocycles. The number of likely N-dealkylation sites (tertiary alicyclic amines) is 1. The third-order valence-corrected chi connectivity index (χ3v) is 4.69. The first-order valence-corrected chi connectivity index (χ1v) is 8.38. The van der Waals surface area contributed by atoms with Crippen molar-refractivity contribution in [3.63, 3.8) is 0 Å². The van der Waals surface area contributed by atoms with Crippen LogP contribution in [0.3, 0.4) is 0 Å². The van der Waals surface area contributed by atoms with Gasteiger partial charge in [0.15, 0.2) is 0 Å². The predicted molar refractivity (Wildman–Crippen MR) is 88.0 cm³/mol. The Morgan fingerprint density at radius 1 is 1.38 bits per heavy atom. The van der Waals surface area contributed by atoms with Gasteiger partial charge in [0.2, 0.25) is 5.91 Å². The van der Waals surface area contributed by atoms with Crippen LogP contribution in [0.1, 0.15) is 31.4 Å². The lowest BCUT2D eigenvalue weighted by molar-refractivity contribution is -0.137. The lowest BCUT2D eigenvalue weighted by atomic mass is 9.92. The summed E-state index contributed by atoms with van der Waals surface area (Å²) < 4.78 is 1.53. The number of hydrogen-bond acceptors (Lipinski definition) is 5.